The number of anilines is 1. The summed E-state index contributed by atoms with van der Waals surface area (Å²) in [4.78, 5) is 23.6. The molecule has 31 heavy (non-hydrogen) atoms. The maximum atomic E-state index is 13.5. The lowest BCUT2D eigenvalue weighted by atomic mass is 10.1. The van der Waals surface area contributed by atoms with Crippen molar-refractivity contribution in [2.45, 2.75) is 19.9 Å². The smallest absolute Gasteiger partial charge is 0.256 e. The molecule has 1 N–H and O–H groups in total. The second-order valence-electron chi connectivity index (χ2n) is 6.70. The maximum absolute atomic E-state index is 13.5. The van der Waals surface area contributed by atoms with Gasteiger partial charge in [-0.05, 0) is 30.3 Å². The molecule has 0 aliphatic carbocycles. The van der Waals surface area contributed by atoms with E-state index < -0.39 is 24.7 Å². The Bertz CT molecular complexity index is 1320. The van der Waals surface area contributed by atoms with Crippen molar-refractivity contribution in [1.29, 1.82) is 0 Å². The molecule has 4 aromatic rings. The summed E-state index contributed by atoms with van der Waals surface area (Å²) in [6.07, 6.45) is 0.281. The van der Waals surface area contributed by atoms with E-state index >= 15 is 0 Å². The molecule has 0 saturated carbocycles. The van der Waals surface area contributed by atoms with Gasteiger partial charge >= 0.3 is 0 Å². The molecule has 0 bridgehead atoms. The Kier molecular flexibility index (Phi) is 5.17. The first kappa shape index (κ1) is 20.2. The lowest BCUT2D eigenvalue weighted by Crippen LogP contribution is -2.15. The van der Waals surface area contributed by atoms with Crippen LogP contribution in [-0.4, -0.2) is 31.3 Å². The Morgan fingerprint density at radius 1 is 1.19 bits per heavy atom. The number of nitrogens with one attached hydrogen (secondary N) is 1. The second-order valence-corrected chi connectivity index (χ2v) is 6.70. The molecule has 7 nitrogen and oxygen atoms in total. The molecule has 0 fully saturated rings. The molecular formula is C21H15F3N6O. The Hall–Kier alpha value is -4.13. The Morgan fingerprint density at radius 3 is 2.55 bits per heavy atom. The molecule has 0 aliphatic rings. The van der Waals surface area contributed by atoms with Gasteiger partial charge < -0.3 is 9.41 Å². The average molecular weight is 424 g/mol. The molecule has 3 aromatic heterocycles. The van der Waals surface area contributed by atoms with Crippen LogP contribution in [0.15, 0.2) is 48.8 Å². The van der Waals surface area contributed by atoms with E-state index in [9.17, 15) is 18.0 Å². The summed E-state index contributed by atoms with van der Waals surface area (Å²) in [5.41, 5.74) is 2.04. The lowest BCUT2D eigenvalue weighted by Gasteiger charge is -2.12. The van der Waals surface area contributed by atoms with Crippen molar-refractivity contribution in [3.63, 3.8) is 0 Å². The lowest BCUT2D eigenvalue weighted by molar-refractivity contribution is -0.114. The molecule has 0 saturated heterocycles. The van der Waals surface area contributed by atoms with Crippen molar-refractivity contribution in [2.24, 2.45) is 0 Å². The predicted octanol–water partition coefficient (Wildman–Crippen LogP) is 4.78. The number of alkyl halides is 2. The zero-order valence-electron chi connectivity index (χ0n) is 16.2. The molecule has 0 radical (unpaired) electrons. The number of carbonyl (C=O) groups is 1. The zero-order chi connectivity index (χ0) is 22.1. The van der Waals surface area contributed by atoms with Crippen LogP contribution in [0, 0.1) is 12.4 Å². The fourth-order valence-corrected chi connectivity index (χ4v) is 3.31. The number of hydrogen-bond acceptors (Lipinski definition) is 3. The molecule has 1 amide bonds. The van der Waals surface area contributed by atoms with Crippen LogP contribution >= 0.6 is 0 Å². The highest BCUT2D eigenvalue weighted by Gasteiger charge is 2.24. The number of benzene rings is 1. The number of pyridine rings is 1. The number of aromatic nitrogens is 4. The molecule has 1 aromatic carbocycles. The van der Waals surface area contributed by atoms with Crippen LogP contribution in [0.5, 0.6) is 0 Å². The van der Waals surface area contributed by atoms with Gasteiger partial charge in [0.05, 0.1) is 30.3 Å². The first-order valence-corrected chi connectivity index (χ1v) is 9.14. The molecule has 3 heterocycles. The Balaban J connectivity index is 2.01. The van der Waals surface area contributed by atoms with E-state index in [0.717, 1.165) is 0 Å². The van der Waals surface area contributed by atoms with E-state index in [0.29, 0.717) is 22.5 Å². The van der Waals surface area contributed by atoms with Gasteiger partial charge in [0.1, 0.15) is 5.82 Å². The normalized spacial score (nSPS) is 11.1. The summed E-state index contributed by atoms with van der Waals surface area (Å²) in [5.74, 6) is -0.737. The zero-order valence-corrected chi connectivity index (χ0v) is 16.2. The van der Waals surface area contributed by atoms with Crippen LogP contribution in [0.25, 0.3) is 33.0 Å². The summed E-state index contributed by atoms with van der Waals surface area (Å²) in [6, 6.07) is 8.74. The molecule has 0 spiro atoms. The molecule has 10 heteroatoms. The average Bonchev–Trinajstić information content (AvgIpc) is 3.28. The molecule has 0 atom stereocenters. The van der Waals surface area contributed by atoms with Gasteiger partial charge in [-0.2, -0.15) is 0 Å². The number of rotatable bonds is 5. The molecular weight excluding hydrogens is 409 g/mol. The highest BCUT2D eigenvalue weighted by Crippen LogP contribution is 2.36. The van der Waals surface area contributed by atoms with E-state index in [4.69, 9.17) is 6.57 Å². The minimum atomic E-state index is -2.72. The van der Waals surface area contributed by atoms with Crippen molar-refractivity contribution in [2.75, 3.05) is 5.32 Å². The Morgan fingerprint density at radius 2 is 1.90 bits per heavy atom. The van der Waals surface area contributed by atoms with Crippen molar-refractivity contribution >= 4 is 23.3 Å². The van der Waals surface area contributed by atoms with Crippen molar-refractivity contribution < 1.29 is 18.0 Å². The van der Waals surface area contributed by atoms with E-state index in [1.165, 1.54) is 46.4 Å². The van der Waals surface area contributed by atoms with Crippen LogP contribution in [0.1, 0.15) is 6.92 Å². The SMILES string of the molecule is [C-]#[N+]c1cnc2ccc(-c3c(-c4ccc(F)cc4)nc(NC(C)=O)n3CC(F)F)cn12. The third-order valence-corrected chi connectivity index (χ3v) is 4.57. The third kappa shape index (κ3) is 3.85. The van der Waals surface area contributed by atoms with Crippen LogP contribution < -0.4 is 5.32 Å². The van der Waals surface area contributed by atoms with E-state index in [2.05, 4.69) is 20.1 Å². The van der Waals surface area contributed by atoms with E-state index in [-0.39, 0.29) is 17.5 Å². The fourth-order valence-electron chi connectivity index (χ4n) is 3.31. The third-order valence-electron chi connectivity index (χ3n) is 4.57. The van der Waals surface area contributed by atoms with Crippen LogP contribution in [0.3, 0.4) is 0 Å². The largest absolute Gasteiger partial charge is 0.362 e. The van der Waals surface area contributed by atoms with Gasteiger partial charge in [-0.15, -0.1) is 0 Å². The summed E-state index contributed by atoms with van der Waals surface area (Å²) in [5, 5.41) is 2.48. The van der Waals surface area contributed by atoms with Crippen LogP contribution in [0.4, 0.5) is 24.9 Å². The van der Waals surface area contributed by atoms with Gasteiger partial charge in [0.15, 0.2) is 0 Å². The minimum Gasteiger partial charge on any atom is -0.362 e. The number of fused-ring (bicyclic) bond motifs is 1. The van der Waals surface area contributed by atoms with Gasteiger partial charge in [-0.3, -0.25) is 10.1 Å². The van der Waals surface area contributed by atoms with Gasteiger partial charge in [-0.1, -0.05) is 6.57 Å². The predicted molar refractivity (Wildman–Crippen MR) is 108 cm³/mol. The number of amides is 1. The van der Waals surface area contributed by atoms with Gasteiger partial charge in [0.25, 0.3) is 12.2 Å². The number of hydrogen-bond donors (Lipinski definition) is 1. The number of nitrogens with zero attached hydrogens (tertiary/aromatic N) is 5. The molecule has 156 valence electrons. The van der Waals surface area contributed by atoms with E-state index in [1.807, 2.05) is 0 Å². The summed E-state index contributed by atoms with van der Waals surface area (Å²) < 4.78 is 43.1. The first-order chi connectivity index (χ1) is 14.9. The van der Waals surface area contributed by atoms with Crippen molar-refractivity contribution in [1.82, 2.24) is 18.9 Å². The monoisotopic (exact) mass is 424 g/mol. The fraction of sp³-hybridized carbons (Fsp3) is 0.143. The maximum Gasteiger partial charge on any atom is 0.256 e. The standard InChI is InChI=1S/C21H15F3N6O/c1-12(31)27-21-28-19(13-3-6-15(22)7-4-13)20(30(21)11-16(23)24)14-5-8-17-26-9-18(25-2)29(17)10-14/h3-10,16H,11H2,1H3,(H,27,28,31). The highest BCUT2D eigenvalue weighted by molar-refractivity contribution is 5.89. The van der Waals surface area contributed by atoms with Gasteiger partial charge in [0.2, 0.25) is 17.5 Å². The van der Waals surface area contributed by atoms with Gasteiger partial charge in [-0.25, -0.2) is 27.5 Å². The molecule has 0 aliphatic heterocycles. The van der Waals surface area contributed by atoms with Crippen molar-refractivity contribution in [3.8, 4) is 22.5 Å². The number of imidazole rings is 2. The highest BCUT2D eigenvalue weighted by atomic mass is 19.3. The number of halogens is 3. The first-order valence-electron chi connectivity index (χ1n) is 9.14. The number of carbonyl (C=O) groups excluding carboxylic acids is 1. The quantitative estimate of drug-likeness (QED) is 0.469. The Labute approximate surface area is 174 Å². The minimum absolute atomic E-state index is 0.0572. The second kappa shape index (κ2) is 7.95. The molecule has 0 unspecified atom stereocenters. The molecule has 4 rings (SSSR count). The van der Waals surface area contributed by atoms with Gasteiger partial charge in [0, 0.05) is 24.1 Å². The summed E-state index contributed by atoms with van der Waals surface area (Å²) >= 11 is 0. The topological polar surface area (TPSA) is 68.6 Å². The summed E-state index contributed by atoms with van der Waals surface area (Å²) in [6.45, 7) is 7.82. The van der Waals surface area contributed by atoms with Crippen LogP contribution in [0.2, 0.25) is 0 Å². The van der Waals surface area contributed by atoms with E-state index in [1.54, 1.807) is 18.3 Å². The van der Waals surface area contributed by atoms with Crippen molar-refractivity contribution in [3.05, 3.63) is 66.0 Å². The van der Waals surface area contributed by atoms with Crippen LogP contribution in [-0.2, 0) is 11.3 Å². The summed E-state index contributed by atoms with van der Waals surface area (Å²) in [7, 11) is 0.